The molecule has 0 aliphatic carbocycles. The Morgan fingerprint density at radius 3 is 2.69 bits per heavy atom. The van der Waals surface area contributed by atoms with Crippen LogP contribution in [-0.2, 0) is 17.8 Å². The smallest absolute Gasteiger partial charge is 0.234 e. The minimum absolute atomic E-state index is 0.214. The first-order chi connectivity index (χ1) is 12.6. The molecule has 0 bridgehead atoms. The number of nitrogens with one attached hydrogen (secondary N) is 1. The summed E-state index contributed by atoms with van der Waals surface area (Å²) in [6, 6.07) is 18.1. The number of carbonyl (C=O) groups excluding carboxylic acids is 1. The van der Waals surface area contributed by atoms with Crippen LogP contribution < -0.4 is 16.0 Å². The number of hydrogen-bond acceptors (Lipinski definition) is 3. The zero-order valence-electron chi connectivity index (χ0n) is 14.0. The number of rotatable bonds is 6. The number of hydrogen-bond donors (Lipinski definition) is 2. The number of benzene rings is 3. The highest BCUT2D eigenvalue weighted by atomic mass is 79.9. The lowest BCUT2D eigenvalue weighted by Crippen LogP contribution is -2.30. The Hall–Kier alpha value is -2.08. The summed E-state index contributed by atoms with van der Waals surface area (Å²) in [6.45, 7) is 0.411. The standard InChI is InChI=1S/C20H18BrClN2O2/c21-17-10-13(8-9-19(25)24-23)11-18(22)20(17)26-12-15-6-3-5-14-4-1-2-7-16(14)15/h1-7,10-11H,8-9,12,23H2,(H,24,25). The highest BCUT2D eigenvalue weighted by Crippen LogP contribution is 2.35. The van der Waals surface area contributed by atoms with Crippen molar-refractivity contribution in [2.24, 2.45) is 5.84 Å². The van der Waals surface area contributed by atoms with Gasteiger partial charge in [0.25, 0.3) is 0 Å². The van der Waals surface area contributed by atoms with Crippen LogP contribution in [0.5, 0.6) is 5.75 Å². The third-order valence-electron chi connectivity index (χ3n) is 4.11. The highest BCUT2D eigenvalue weighted by Gasteiger charge is 2.11. The van der Waals surface area contributed by atoms with Crippen LogP contribution in [0.1, 0.15) is 17.5 Å². The first-order valence-corrected chi connectivity index (χ1v) is 9.32. The lowest BCUT2D eigenvalue weighted by Gasteiger charge is -2.13. The molecule has 0 unspecified atom stereocenters. The average molecular weight is 434 g/mol. The third-order valence-corrected chi connectivity index (χ3v) is 4.98. The summed E-state index contributed by atoms with van der Waals surface area (Å²) < 4.78 is 6.74. The molecule has 134 valence electrons. The van der Waals surface area contributed by atoms with Gasteiger partial charge in [-0.1, -0.05) is 54.1 Å². The summed E-state index contributed by atoms with van der Waals surface area (Å²) in [5.41, 5.74) is 4.15. The molecule has 1 amide bonds. The largest absolute Gasteiger partial charge is 0.486 e. The lowest BCUT2D eigenvalue weighted by molar-refractivity contribution is -0.121. The van der Waals surface area contributed by atoms with E-state index in [0.717, 1.165) is 21.0 Å². The Labute approximate surface area is 165 Å². The van der Waals surface area contributed by atoms with E-state index in [0.29, 0.717) is 30.2 Å². The van der Waals surface area contributed by atoms with Crippen LogP contribution in [0.4, 0.5) is 0 Å². The Morgan fingerprint density at radius 2 is 1.92 bits per heavy atom. The van der Waals surface area contributed by atoms with E-state index in [1.54, 1.807) is 0 Å². The van der Waals surface area contributed by atoms with Crippen LogP contribution in [0.3, 0.4) is 0 Å². The van der Waals surface area contributed by atoms with Gasteiger partial charge in [0, 0.05) is 6.42 Å². The molecule has 26 heavy (non-hydrogen) atoms. The topological polar surface area (TPSA) is 64.3 Å². The molecule has 0 fully saturated rings. The number of aryl methyl sites for hydroxylation is 1. The van der Waals surface area contributed by atoms with Crippen LogP contribution >= 0.6 is 27.5 Å². The van der Waals surface area contributed by atoms with E-state index in [1.165, 1.54) is 5.39 Å². The fourth-order valence-electron chi connectivity index (χ4n) is 2.79. The van der Waals surface area contributed by atoms with Crippen molar-refractivity contribution in [3.8, 4) is 5.75 Å². The SMILES string of the molecule is NNC(=O)CCc1cc(Cl)c(OCc2cccc3ccccc23)c(Br)c1. The van der Waals surface area contributed by atoms with Crippen LogP contribution in [0.25, 0.3) is 10.8 Å². The summed E-state index contributed by atoms with van der Waals surface area (Å²) in [5.74, 6) is 5.47. The molecule has 0 aliphatic heterocycles. The average Bonchev–Trinajstić information content (AvgIpc) is 2.65. The van der Waals surface area contributed by atoms with Gasteiger partial charge in [0.15, 0.2) is 5.75 Å². The molecule has 0 saturated heterocycles. The van der Waals surface area contributed by atoms with E-state index < -0.39 is 0 Å². The molecular weight excluding hydrogens is 416 g/mol. The fourth-order valence-corrected chi connectivity index (χ4v) is 3.83. The number of amides is 1. The van der Waals surface area contributed by atoms with Gasteiger partial charge < -0.3 is 4.74 Å². The van der Waals surface area contributed by atoms with Crippen molar-refractivity contribution in [2.45, 2.75) is 19.4 Å². The lowest BCUT2D eigenvalue weighted by atomic mass is 10.1. The summed E-state index contributed by atoms with van der Waals surface area (Å²) in [4.78, 5) is 11.3. The Balaban J connectivity index is 1.76. The second kappa shape index (κ2) is 8.54. The van der Waals surface area contributed by atoms with E-state index in [-0.39, 0.29) is 5.91 Å². The maximum Gasteiger partial charge on any atom is 0.234 e. The summed E-state index contributed by atoms with van der Waals surface area (Å²) in [7, 11) is 0. The van der Waals surface area contributed by atoms with Gasteiger partial charge in [-0.05, 0) is 56.4 Å². The molecule has 0 saturated carbocycles. The molecule has 3 aromatic carbocycles. The Bertz CT molecular complexity index is 918. The second-order valence-electron chi connectivity index (χ2n) is 5.88. The highest BCUT2D eigenvalue weighted by molar-refractivity contribution is 9.10. The summed E-state index contributed by atoms with van der Waals surface area (Å²) >= 11 is 9.90. The molecule has 0 radical (unpaired) electrons. The second-order valence-corrected chi connectivity index (χ2v) is 7.14. The molecule has 4 nitrogen and oxygen atoms in total. The maximum absolute atomic E-state index is 11.3. The molecule has 6 heteroatoms. The van der Waals surface area contributed by atoms with Crippen LogP contribution in [0, 0.1) is 0 Å². The zero-order chi connectivity index (χ0) is 18.5. The van der Waals surface area contributed by atoms with Crippen LogP contribution in [-0.4, -0.2) is 5.91 Å². The molecule has 0 heterocycles. The summed E-state index contributed by atoms with van der Waals surface area (Å²) in [6.07, 6.45) is 0.848. The zero-order valence-corrected chi connectivity index (χ0v) is 16.3. The number of hydrazine groups is 1. The summed E-state index contributed by atoms with van der Waals surface area (Å²) in [5, 5.41) is 2.83. The molecule has 0 atom stereocenters. The van der Waals surface area contributed by atoms with Crippen molar-refractivity contribution in [2.75, 3.05) is 0 Å². The van der Waals surface area contributed by atoms with Crippen LogP contribution in [0.2, 0.25) is 5.02 Å². The first-order valence-electron chi connectivity index (χ1n) is 8.15. The molecule has 0 aromatic heterocycles. The van der Waals surface area contributed by atoms with E-state index in [2.05, 4.69) is 39.6 Å². The molecule has 0 spiro atoms. The normalized spacial score (nSPS) is 10.7. The maximum atomic E-state index is 11.3. The fraction of sp³-hybridized carbons (Fsp3) is 0.150. The van der Waals surface area contributed by atoms with Gasteiger partial charge in [0.05, 0.1) is 9.50 Å². The van der Waals surface area contributed by atoms with E-state index in [9.17, 15) is 4.79 Å². The Morgan fingerprint density at radius 1 is 1.15 bits per heavy atom. The van der Waals surface area contributed by atoms with E-state index in [4.69, 9.17) is 22.2 Å². The van der Waals surface area contributed by atoms with Crippen molar-refractivity contribution in [1.82, 2.24) is 5.43 Å². The van der Waals surface area contributed by atoms with E-state index in [1.807, 2.05) is 36.4 Å². The molecule has 0 aliphatic rings. The predicted molar refractivity (Wildman–Crippen MR) is 108 cm³/mol. The quantitative estimate of drug-likeness (QED) is 0.335. The van der Waals surface area contributed by atoms with E-state index >= 15 is 0 Å². The van der Waals surface area contributed by atoms with Gasteiger partial charge in [0.2, 0.25) is 5.91 Å². The van der Waals surface area contributed by atoms with Gasteiger partial charge in [-0.3, -0.25) is 10.2 Å². The molecule has 3 aromatic rings. The number of halogens is 2. The predicted octanol–water partition coefficient (Wildman–Crippen LogP) is 4.76. The minimum Gasteiger partial charge on any atom is -0.486 e. The van der Waals surface area contributed by atoms with Crippen molar-refractivity contribution in [3.63, 3.8) is 0 Å². The van der Waals surface area contributed by atoms with Gasteiger partial charge in [0.1, 0.15) is 6.61 Å². The van der Waals surface area contributed by atoms with Crippen LogP contribution in [0.15, 0.2) is 59.1 Å². The number of nitrogens with two attached hydrogens (primary N) is 1. The van der Waals surface area contributed by atoms with Gasteiger partial charge >= 0.3 is 0 Å². The molecule has 3 N–H and O–H groups in total. The van der Waals surface area contributed by atoms with Crippen molar-refractivity contribution in [1.29, 1.82) is 0 Å². The van der Waals surface area contributed by atoms with Crippen molar-refractivity contribution < 1.29 is 9.53 Å². The number of carbonyl (C=O) groups is 1. The molecular formula is C20H18BrClN2O2. The monoisotopic (exact) mass is 432 g/mol. The Kier molecular flexibility index (Phi) is 6.14. The van der Waals surface area contributed by atoms with Crippen molar-refractivity contribution >= 4 is 44.2 Å². The van der Waals surface area contributed by atoms with Gasteiger partial charge in [-0.15, -0.1) is 0 Å². The minimum atomic E-state index is -0.214. The van der Waals surface area contributed by atoms with Gasteiger partial charge in [-0.2, -0.15) is 0 Å². The third kappa shape index (κ3) is 4.36. The number of fused-ring (bicyclic) bond motifs is 1. The first kappa shape index (κ1) is 18.7. The van der Waals surface area contributed by atoms with Crippen molar-refractivity contribution in [3.05, 3.63) is 75.2 Å². The molecule has 3 rings (SSSR count). The number of ether oxygens (including phenoxy) is 1. The van der Waals surface area contributed by atoms with Gasteiger partial charge in [-0.25, -0.2) is 5.84 Å².